The van der Waals surface area contributed by atoms with E-state index in [0.29, 0.717) is 12.3 Å². The van der Waals surface area contributed by atoms with Gasteiger partial charge in [-0.3, -0.25) is 14.3 Å². The second-order valence-corrected chi connectivity index (χ2v) is 8.89. The molecule has 1 aliphatic rings. The average molecular weight is 452 g/mol. The van der Waals surface area contributed by atoms with Gasteiger partial charge in [0.2, 0.25) is 5.91 Å². The molecule has 0 atom stereocenters. The highest BCUT2D eigenvalue weighted by Crippen LogP contribution is 2.24. The standard InChI is InChI=1S/C24H29N5O2S/c1-27(16-19-9-8-12-21(15-19)31-2)23(30)18-32-24-26-25-22(17-28-13-6-7-14-28)29(24)20-10-4-3-5-11-20/h3-5,8-12,15H,6-7,13-14,16-18H2,1-2H3. The minimum Gasteiger partial charge on any atom is -0.497 e. The van der Waals surface area contributed by atoms with Crippen molar-refractivity contribution in [2.45, 2.75) is 31.1 Å². The van der Waals surface area contributed by atoms with Crippen molar-refractivity contribution in [1.29, 1.82) is 0 Å². The normalized spacial score (nSPS) is 13.9. The van der Waals surface area contributed by atoms with E-state index < -0.39 is 0 Å². The Kier molecular flexibility index (Phi) is 7.44. The molecule has 2 heterocycles. The molecule has 8 heteroatoms. The molecule has 3 aromatic rings. The maximum Gasteiger partial charge on any atom is 0.233 e. The van der Waals surface area contributed by atoms with Gasteiger partial charge in [-0.05, 0) is 55.8 Å². The van der Waals surface area contributed by atoms with Crippen molar-refractivity contribution < 1.29 is 9.53 Å². The molecular weight excluding hydrogens is 422 g/mol. The number of nitrogens with zero attached hydrogens (tertiary/aromatic N) is 5. The minimum absolute atomic E-state index is 0.0431. The Labute approximate surface area is 193 Å². The van der Waals surface area contributed by atoms with Gasteiger partial charge in [0.15, 0.2) is 11.0 Å². The van der Waals surface area contributed by atoms with Crippen LogP contribution in [-0.4, -0.2) is 63.5 Å². The lowest BCUT2D eigenvalue weighted by Gasteiger charge is -2.18. The van der Waals surface area contributed by atoms with Gasteiger partial charge in [0.05, 0.1) is 19.4 Å². The van der Waals surface area contributed by atoms with Crippen LogP contribution >= 0.6 is 11.8 Å². The number of amides is 1. The van der Waals surface area contributed by atoms with Gasteiger partial charge in [-0.15, -0.1) is 10.2 Å². The van der Waals surface area contributed by atoms with E-state index in [2.05, 4.69) is 31.8 Å². The Morgan fingerprint density at radius 3 is 2.62 bits per heavy atom. The number of rotatable bonds is 9. The highest BCUT2D eigenvalue weighted by Gasteiger charge is 2.20. The van der Waals surface area contributed by atoms with E-state index in [0.717, 1.165) is 47.6 Å². The van der Waals surface area contributed by atoms with E-state index in [1.54, 1.807) is 12.0 Å². The fourth-order valence-electron chi connectivity index (χ4n) is 3.84. The first-order valence-electron chi connectivity index (χ1n) is 10.9. The van der Waals surface area contributed by atoms with Crippen molar-refractivity contribution in [2.24, 2.45) is 0 Å². The van der Waals surface area contributed by atoms with Gasteiger partial charge in [-0.1, -0.05) is 42.1 Å². The van der Waals surface area contributed by atoms with Gasteiger partial charge in [0.25, 0.3) is 0 Å². The smallest absolute Gasteiger partial charge is 0.233 e. The molecule has 2 aromatic carbocycles. The summed E-state index contributed by atoms with van der Waals surface area (Å²) >= 11 is 1.43. The summed E-state index contributed by atoms with van der Waals surface area (Å²) in [6.45, 7) is 3.49. The maximum atomic E-state index is 12.8. The van der Waals surface area contributed by atoms with E-state index in [4.69, 9.17) is 4.74 Å². The summed E-state index contributed by atoms with van der Waals surface area (Å²) in [5, 5.41) is 9.66. The first kappa shape index (κ1) is 22.4. The molecule has 0 radical (unpaired) electrons. The summed E-state index contributed by atoms with van der Waals surface area (Å²) < 4.78 is 7.36. The van der Waals surface area contributed by atoms with Crippen LogP contribution in [0.5, 0.6) is 5.75 Å². The number of carbonyl (C=O) groups is 1. The molecule has 0 N–H and O–H groups in total. The Hall–Kier alpha value is -2.84. The second kappa shape index (κ2) is 10.7. The molecule has 0 aliphatic carbocycles. The Bertz CT molecular complexity index is 1030. The van der Waals surface area contributed by atoms with E-state index in [1.807, 2.05) is 49.5 Å². The van der Waals surface area contributed by atoms with Crippen LogP contribution in [0.25, 0.3) is 5.69 Å². The van der Waals surface area contributed by atoms with Gasteiger partial charge in [-0.25, -0.2) is 0 Å². The lowest BCUT2D eigenvalue weighted by molar-refractivity contribution is -0.127. The van der Waals surface area contributed by atoms with Gasteiger partial charge < -0.3 is 9.64 Å². The van der Waals surface area contributed by atoms with Crippen LogP contribution in [0.3, 0.4) is 0 Å². The van der Waals surface area contributed by atoms with Crippen molar-refractivity contribution in [3.8, 4) is 11.4 Å². The number of aromatic nitrogens is 3. The number of hydrogen-bond donors (Lipinski definition) is 0. The molecule has 32 heavy (non-hydrogen) atoms. The fraction of sp³-hybridized carbons (Fsp3) is 0.375. The molecule has 1 saturated heterocycles. The van der Waals surface area contributed by atoms with E-state index in [1.165, 1.54) is 24.6 Å². The summed E-state index contributed by atoms with van der Waals surface area (Å²) in [5.74, 6) is 2.05. The highest BCUT2D eigenvalue weighted by molar-refractivity contribution is 7.99. The van der Waals surface area contributed by atoms with Gasteiger partial charge in [0.1, 0.15) is 5.75 Å². The second-order valence-electron chi connectivity index (χ2n) is 7.94. The molecule has 0 bridgehead atoms. The molecule has 0 spiro atoms. The highest BCUT2D eigenvalue weighted by atomic mass is 32.2. The Balaban J connectivity index is 1.45. The molecule has 1 amide bonds. The van der Waals surface area contributed by atoms with Crippen LogP contribution in [0.2, 0.25) is 0 Å². The number of hydrogen-bond acceptors (Lipinski definition) is 6. The zero-order valence-corrected chi connectivity index (χ0v) is 19.4. The third-order valence-corrected chi connectivity index (χ3v) is 6.50. The SMILES string of the molecule is COc1cccc(CN(C)C(=O)CSc2nnc(CN3CCCC3)n2-c2ccccc2)c1. The number of methoxy groups -OCH3 is 1. The summed E-state index contributed by atoms with van der Waals surface area (Å²) in [7, 11) is 3.47. The minimum atomic E-state index is 0.0431. The van der Waals surface area contributed by atoms with Crippen molar-refractivity contribution in [1.82, 2.24) is 24.6 Å². The van der Waals surface area contributed by atoms with Gasteiger partial charge in [-0.2, -0.15) is 0 Å². The van der Waals surface area contributed by atoms with Gasteiger partial charge in [0, 0.05) is 19.3 Å². The fourth-order valence-corrected chi connectivity index (χ4v) is 4.75. The zero-order valence-electron chi connectivity index (χ0n) is 18.6. The summed E-state index contributed by atoms with van der Waals surface area (Å²) in [5.41, 5.74) is 2.05. The van der Waals surface area contributed by atoms with Crippen LogP contribution in [-0.2, 0) is 17.9 Å². The third kappa shape index (κ3) is 5.49. The summed E-state index contributed by atoms with van der Waals surface area (Å²) in [4.78, 5) is 17.0. The van der Waals surface area contributed by atoms with E-state index in [9.17, 15) is 4.79 Å². The molecule has 7 nitrogen and oxygen atoms in total. The molecule has 1 fully saturated rings. The van der Waals surface area contributed by atoms with Crippen molar-refractivity contribution in [3.05, 3.63) is 66.0 Å². The molecule has 168 valence electrons. The number of carbonyl (C=O) groups excluding carboxylic acids is 1. The lowest BCUT2D eigenvalue weighted by atomic mass is 10.2. The predicted molar refractivity (Wildman–Crippen MR) is 126 cm³/mol. The molecule has 4 rings (SSSR count). The number of thioether (sulfide) groups is 1. The third-order valence-electron chi connectivity index (χ3n) is 5.58. The largest absolute Gasteiger partial charge is 0.497 e. The maximum absolute atomic E-state index is 12.8. The number of benzene rings is 2. The number of ether oxygens (including phenoxy) is 1. The molecule has 1 aromatic heterocycles. The number of likely N-dealkylation sites (tertiary alicyclic amines) is 1. The Morgan fingerprint density at radius 1 is 1.09 bits per heavy atom. The first-order valence-corrected chi connectivity index (χ1v) is 11.8. The predicted octanol–water partition coefficient (Wildman–Crippen LogP) is 3.62. The Morgan fingerprint density at radius 2 is 1.88 bits per heavy atom. The van der Waals surface area contributed by atoms with Gasteiger partial charge >= 0.3 is 0 Å². The average Bonchev–Trinajstić information content (AvgIpc) is 3.48. The lowest BCUT2D eigenvalue weighted by Crippen LogP contribution is -2.28. The van der Waals surface area contributed by atoms with E-state index in [-0.39, 0.29) is 5.91 Å². The van der Waals surface area contributed by atoms with Crippen LogP contribution < -0.4 is 4.74 Å². The molecule has 0 unspecified atom stereocenters. The monoisotopic (exact) mass is 451 g/mol. The van der Waals surface area contributed by atoms with Crippen LogP contribution in [0.15, 0.2) is 59.8 Å². The number of para-hydroxylation sites is 1. The topological polar surface area (TPSA) is 63.5 Å². The summed E-state index contributed by atoms with van der Waals surface area (Å²) in [6.07, 6.45) is 2.46. The van der Waals surface area contributed by atoms with Crippen LogP contribution in [0.1, 0.15) is 24.2 Å². The first-order chi connectivity index (χ1) is 15.6. The van der Waals surface area contributed by atoms with Crippen LogP contribution in [0, 0.1) is 0 Å². The van der Waals surface area contributed by atoms with Crippen molar-refractivity contribution in [2.75, 3.05) is 33.0 Å². The van der Waals surface area contributed by atoms with Crippen LogP contribution in [0.4, 0.5) is 0 Å². The molecule has 0 saturated carbocycles. The van der Waals surface area contributed by atoms with Crippen molar-refractivity contribution >= 4 is 17.7 Å². The molecular formula is C24H29N5O2S. The van der Waals surface area contributed by atoms with E-state index >= 15 is 0 Å². The van der Waals surface area contributed by atoms with Crippen molar-refractivity contribution in [3.63, 3.8) is 0 Å². The quantitative estimate of drug-likeness (QED) is 0.463. The zero-order chi connectivity index (χ0) is 22.3. The molecule has 1 aliphatic heterocycles. The summed E-state index contributed by atoms with van der Waals surface area (Å²) in [6, 6.07) is 17.9.